The Morgan fingerprint density at radius 3 is 2.67 bits per heavy atom. The lowest BCUT2D eigenvalue weighted by Crippen LogP contribution is -1.84. The molecule has 0 unspecified atom stereocenters. The Morgan fingerprint density at radius 2 is 2.08 bits per heavy atom. The van der Waals surface area contributed by atoms with E-state index in [0.717, 1.165) is 12.0 Å². The standard InChI is InChI=1S/C11H11N/c1-10(7-8-12)9-11-5-3-2-4-6-11/h2-7H,9H2,1H3/b10-7-. The molecule has 0 bridgehead atoms. The molecule has 1 aromatic rings. The molecule has 0 fully saturated rings. The highest BCUT2D eigenvalue weighted by molar-refractivity contribution is 5.23. The molecule has 0 aromatic heterocycles. The van der Waals surface area contributed by atoms with E-state index >= 15 is 0 Å². The molecule has 1 aromatic carbocycles. The maximum atomic E-state index is 8.39. The molecule has 0 spiro atoms. The normalized spacial score (nSPS) is 10.8. The van der Waals surface area contributed by atoms with Gasteiger partial charge in [-0.1, -0.05) is 35.9 Å². The van der Waals surface area contributed by atoms with E-state index in [9.17, 15) is 0 Å². The lowest BCUT2D eigenvalue weighted by Gasteiger charge is -1.98. The quantitative estimate of drug-likeness (QED) is 0.605. The predicted octanol–water partition coefficient (Wildman–Crippen LogP) is 2.70. The highest BCUT2D eigenvalue weighted by Gasteiger charge is 1.91. The van der Waals surface area contributed by atoms with Crippen LogP contribution in [0.4, 0.5) is 0 Å². The summed E-state index contributed by atoms with van der Waals surface area (Å²) in [6.07, 6.45) is 2.46. The van der Waals surface area contributed by atoms with Crippen LogP contribution in [0.5, 0.6) is 0 Å². The van der Waals surface area contributed by atoms with Gasteiger partial charge in [-0.2, -0.15) is 5.26 Å². The van der Waals surface area contributed by atoms with Gasteiger partial charge in [0.25, 0.3) is 0 Å². The first-order chi connectivity index (χ1) is 5.83. The Bertz CT molecular complexity index is 304. The van der Waals surface area contributed by atoms with Crippen LogP contribution in [0.15, 0.2) is 42.0 Å². The molecule has 12 heavy (non-hydrogen) atoms. The molecule has 0 saturated carbocycles. The monoisotopic (exact) mass is 157 g/mol. The van der Waals surface area contributed by atoms with Crippen LogP contribution in [0.3, 0.4) is 0 Å². The summed E-state index contributed by atoms with van der Waals surface area (Å²) in [5.74, 6) is 0. The molecule has 1 heteroatoms. The molecule has 0 atom stereocenters. The number of hydrogen-bond donors (Lipinski definition) is 0. The Balaban J connectivity index is 2.66. The van der Waals surface area contributed by atoms with Gasteiger partial charge >= 0.3 is 0 Å². The average Bonchev–Trinajstić information content (AvgIpc) is 2.06. The highest BCUT2D eigenvalue weighted by Crippen LogP contribution is 2.05. The van der Waals surface area contributed by atoms with Gasteiger partial charge in [0, 0.05) is 6.08 Å². The summed E-state index contributed by atoms with van der Waals surface area (Å²) >= 11 is 0. The predicted molar refractivity (Wildman–Crippen MR) is 49.5 cm³/mol. The lowest BCUT2D eigenvalue weighted by molar-refractivity contribution is 1.14. The summed E-state index contributed by atoms with van der Waals surface area (Å²) in [4.78, 5) is 0. The first-order valence-corrected chi connectivity index (χ1v) is 3.92. The molecule has 0 heterocycles. The Labute approximate surface area is 73.0 Å². The molecule has 0 radical (unpaired) electrons. The molecular formula is C11H11N. The Morgan fingerprint density at radius 1 is 1.42 bits per heavy atom. The minimum Gasteiger partial charge on any atom is -0.193 e. The minimum atomic E-state index is 0.869. The second kappa shape index (κ2) is 4.35. The second-order valence-electron chi connectivity index (χ2n) is 2.78. The molecule has 60 valence electrons. The molecule has 1 rings (SSSR count). The van der Waals surface area contributed by atoms with E-state index in [1.54, 1.807) is 6.08 Å². The summed E-state index contributed by atoms with van der Waals surface area (Å²) in [6, 6.07) is 12.2. The van der Waals surface area contributed by atoms with E-state index in [0.29, 0.717) is 0 Å². The van der Waals surface area contributed by atoms with E-state index in [4.69, 9.17) is 5.26 Å². The van der Waals surface area contributed by atoms with Crippen molar-refractivity contribution in [3.8, 4) is 6.07 Å². The minimum absolute atomic E-state index is 0.869. The van der Waals surface area contributed by atoms with Gasteiger partial charge in [-0.25, -0.2) is 0 Å². The number of benzene rings is 1. The van der Waals surface area contributed by atoms with Crippen molar-refractivity contribution >= 4 is 0 Å². The van der Waals surface area contributed by atoms with Crippen LogP contribution in [-0.2, 0) is 6.42 Å². The Hall–Kier alpha value is -1.55. The number of nitriles is 1. The van der Waals surface area contributed by atoms with Crippen LogP contribution < -0.4 is 0 Å². The number of allylic oxidation sites excluding steroid dienone is 2. The summed E-state index contributed by atoms with van der Waals surface area (Å²) in [7, 11) is 0. The van der Waals surface area contributed by atoms with Gasteiger partial charge in [0.1, 0.15) is 0 Å². The largest absolute Gasteiger partial charge is 0.193 e. The van der Waals surface area contributed by atoms with Crippen molar-refractivity contribution in [1.82, 2.24) is 0 Å². The van der Waals surface area contributed by atoms with Crippen LogP contribution in [0.2, 0.25) is 0 Å². The SMILES string of the molecule is C/C(=C/C#N)Cc1ccccc1. The third kappa shape index (κ3) is 2.59. The number of rotatable bonds is 2. The van der Waals surface area contributed by atoms with Gasteiger partial charge < -0.3 is 0 Å². The van der Waals surface area contributed by atoms with Crippen molar-refractivity contribution in [3.05, 3.63) is 47.5 Å². The van der Waals surface area contributed by atoms with Gasteiger partial charge in [-0.05, 0) is 18.9 Å². The smallest absolute Gasteiger partial charge is 0.0911 e. The van der Waals surface area contributed by atoms with E-state index in [1.165, 1.54) is 5.56 Å². The molecule has 0 saturated heterocycles. The maximum absolute atomic E-state index is 8.39. The zero-order chi connectivity index (χ0) is 8.81. The molecule has 0 aliphatic carbocycles. The fourth-order valence-corrected chi connectivity index (χ4v) is 1.08. The van der Waals surface area contributed by atoms with Gasteiger partial charge in [-0.3, -0.25) is 0 Å². The molecule has 0 aliphatic rings. The van der Waals surface area contributed by atoms with Crippen molar-refractivity contribution in [2.75, 3.05) is 0 Å². The molecular weight excluding hydrogens is 146 g/mol. The molecule has 0 N–H and O–H groups in total. The number of hydrogen-bond acceptors (Lipinski definition) is 1. The third-order valence-electron chi connectivity index (χ3n) is 1.64. The van der Waals surface area contributed by atoms with Crippen LogP contribution in [0, 0.1) is 11.3 Å². The molecule has 0 aliphatic heterocycles. The first-order valence-electron chi connectivity index (χ1n) is 3.92. The van der Waals surface area contributed by atoms with Gasteiger partial charge in [-0.15, -0.1) is 0 Å². The molecule has 0 amide bonds. The van der Waals surface area contributed by atoms with Gasteiger partial charge in [0.2, 0.25) is 0 Å². The van der Waals surface area contributed by atoms with Crippen LogP contribution in [-0.4, -0.2) is 0 Å². The van der Waals surface area contributed by atoms with E-state index in [1.807, 2.05) is 31.2 Å². The summed E-state index contributed by atoms with van der Waals surface area (Å²) in [5, 5.41) is 8.39. The van der Waals surface area contributed by atoms with Crippen molar-refractivity contribution in [3.63, 3.8) is 0 Å². The van der Waals surface area contributed by atoms with Crippen molar-refractivity contribution < 1.29 is 0 Å². The van der Waals surface area contributed by atoms with Crippen molar-refractivity contribution in [2.24, 2.45) is 0 Å². The van der Waals surface area contributed by atoms with Gasteiger partial charge in [0.15, 0.2) is 0 Å². The summed E-state index contributed by atoms with van der Waals surface area (Å²) < 4.78 is 0. The summed E-state index contributed by atoms with van der Waals surface area (Å²) in [6.45, 7) is 1.97. The van der Waals surface area contributed by atoms with Crippen molar-refractivity contribution in [2.45, 2.75) is 13.3 Å². The zero-order valence-corrected chi connectivity index (χ0v) is 7.12. The second-order valence-corrected chi connectivity index (χ2v) is 2.78. The third-order valence-corrected chi connectivity index (χ3v) is 1.64. The van der Waals surface area contributed by atoms with Crippen molar-refractivity contribution in [1.29, 1.82) is 5.26 Å². The highest BCUT2D eigenvalue weighted by atomic mass is 14.2. The average molecular weight is 157 g/mol. The summed E-state index contributed by atoms with van der Waals surface area (Å²) in [5.41, 5.74) is 2.35. The maximum Gasteiger partial charge on any atom is 0.0911 e. The molecule has 1 nitrogen and oxygen atoms in total. The fourth-order valence-electron chi connectivity index (χ4n) is 1.08. The fraction of sp³-hybridized carbons (Fsp3) is 0.182. The Kier molecular flexibility index (Phi) is 3.10. The lowest BCUT2D eigenvalue weighted by atomic mass is 10.1. The topological polar surface area (TPSA) is 23.8 Å². The van der Waals surface area contributed by atoms with E-state index in [2.05, 4.69) is 12.1 Å². The van der Waals surface area contributed by atoms with Crippen LogP contribution in [0.25, 0.3) is 0 Å². The van der Waals surface area contributed by atoms with E-state index in [-0.39, 0.29) is 0 Å². The van der Waals surface area contributed by atoms with Crippen LogP contribution in [0.1, 0.15) is 12.5 Å². The first kappa shape index (κ1) is 8.55. The van der Waals surface area contributed by atoms with Gasteiger partial charge in [0.05, 0.1) is 6.07 Å². The van der Waals surface area contributed by atoms with Crippen LogP contribution >= 0.6 is 0 Å². The number of nitrogens with zero attached hydrogens (tertiary/aromatic N) is 1. The zero-order valence-electron chi connectivity index (χ0n) is 7.12. The van der Waals surface area contributed by atoms with E-state index < -0.39 is 0 Å².